The number of nitriles is 1. The lowest BCUT2D eigenvalue weighted by atomic mass is 9.90. The van der Waals surface area contributed by atoms with Crippen molar-refractivity contribution in [1.29, 1.82) is 5.26 Å². The molecule has 4 aliphatic heterocycles. The second kappa shape index (κ2) is 4.52. The molecule has 8 nitrogen and oxygen atoms in total. The number of hydrogen-bond donors (Lipinski definition) is 0. The molecule has 8 heteroatoms. The van der Waals surface area contributed by atoms with Crippen LogP contribution < -0.4 is 0 Å². The van der Waals surface area contributed by atoms with Crippen LogP contribution in [0.25, 0.3) is 0 Å². The van der Waals surface area contributed by atoms with E-state index in [0.717, 1.165) is 0 Å². The topological polar surface area (TPSA) is 98.1 Å². The predicted molar refractivity (Wildman–Crippen MR) is 68.0 cm³/mol. The predicted octanol–water partition coefficient (Wildman–Crippen LogP) is -0.899. The third kappa shape index (κ3) is 1.80. The van der Waals surface area contributed by atoms with E-state index in [-0.39, 0.29) is 25.0 Å². The summed E-state index contributed by atoms with van der Waals surface area (Å²) in [6.45, 7) is 0.263. The summed E-state index contributed by atoms with van der Waals surface area (Å²) < 4.78 is 21.7. The highest BCUT2D eigenvalue weighted by Crippen LogP contribution is 2.40. The first-order chi connectivity index (χ1) is 10.5. The maximum Gasteiger partial charge on any atom is 0.340 e. The zero-order chi connectivity index (χ0) is 15.5. The molecule has 4 rings (SSSR count). The molecular weight excluding hydrogens is 292 g/mol. The zero-order valence-electron chi connectivity index (χ0n) is 11.8. The molecule has 0 N–H and O–H groups in total. The molecule has 3 saturated heterocycles. The van der Waals surface area contributed by atoms with E-state index < -0.39 is 36.2 Å². The number of nitrogens with zero attached hydrogens (tertiary/aromatic N) is 2. The molecule has 1 amide bonds. The Morgan fingerprint density at radius 3 is 2.91 bits per heavy atom. The summed E-state index contributed by atoms with van der Waals surface area (Å²) in [5, 5.41) is 9.42. The van der Waals surface area contributed by atoms with Gasteiger partial charge in [-0.15, -0.1) is 0 Å². The van der Waals surface area contributed by atoms with Crippen LogP contribution in [-0.4, -0.2) is 66.7 Å². The van der Waals surface area contributed by atoms with Gasteiger partial charge in [-0.05, 0) is 0 Å². The van der Waals surface area contributed by atoms with Crippen molar-refractivity contribution in [3.8, 4) is 6.07 Å². The van der Waals surface area contributed by atoms with Crippen LogP contribution in [0.3, 0.4) is 0 Å². The van der Waals surface area contributed by atoms with Gasteiger partial charge in [-0.1, -0.05) is 12.2 Å². The molecule has 4 heterocycles. The molecule has 0 aromatic carbocycles. The van der Waals surface area contributed by atoms with E-state index in [1.807, 2.05) is 12.1 Å². The Balaban J connectivity index is 1.52. The van der Waals surface area contributed by atoms with Crippen LogP contribution in [0.2, 0.25) is 0 Å². The summed E-state index contributed by atoms with van der Waals surface area (Å²) in [4.78, 5) is 25.9. The third-order valence-electron chi connectivity index (χ3n) is 4.40. The van der Waals surface area contributed by atoms with Crippen molar-refractivity contribution in [2.75, 3.05) is 13.6 Å². The number of ether oxygens (including phenoxy) is 4. The van der Waals surface area contributed by atoms with Crippen LogP contribution in [0.4, 0.5) is 0 Å². The van der Waals surface area contributed by atoms with Crippen molar-refractivity contribution in [3.63, 3.8) is 0 Å². The molecule has 0 saturated carbocycles. The fraction of sp³-hybridized carbons (Fsp3) is 0.643. The molecule has 0 aliphatic carbocycles. The van der Waals surface area contributed by atoms with E-state index in [2.05, 4.69) is 0 Å². The molecule has 116 valence electrons. The zero-order valence-corrected chi connectivity index (χ0v) is 11.8. The second-order valence-corrected chi connectivity index (χ2v) is 5.87. The van der Waals surface area contributed by atoms with E-state index in [9.17, 15) is 14.9 Å². The first kappa shape index (κ1) is 13.7. The number of fused-ring (bicyclic) bond motifs is 4. The SMILES string of the molecule is CN1C[C@H]2O[C@H](C(=O)O[C@]3(C#N)C[C@@H]4C=C[C@H]3O4)[C@H](O2)C1=O. The molecule has 22 heavy (non-hydrogen) atoms. The Bertz CT molecular complexity index is 613. The summed E-state index contributed by atoms with van der Waals surface area (Å²) in [5.41, 5.74) is -1.36. The fourth-order valence-corrected chi connectivity index (χ4v) is 3.26. The Hall–Kier alpha value is -1.95. The van der Waals surface area contributed by atoms with E-state index in [0.29, 0.717) is 0 Å². The van der Waals surface area contributed by atoms with Gasteiger partial charge in [-0.3, -0.25) is 4.79 Å². The maximum absolute atomic E-state index is 12.4. The summed E-state index contributed by atoms with van der Waals surface area (Å²) in [7, 11) is 1.62. The smallest absolute Gasteiger partial charge is 0.340 e. The van der Waals surface area contributed by atoms with Crippen molar-refractivity contribution in [3.05, 3.63) is 12.2 Å². The highest BCUT2D eigenvalue weighted by Gasteiger charge is 2.57. The first-order valence-corrected chi connectivity index (χ1v) is 7.06. The monoisotopic (exact) mass is 306 g/mol. The number of carbonyl (C=O) groups excluding carboxylic acids is 2. The minimum absolute atomic E-state index is 0.217. The van der Waals surface area contributed by atoms with Gasteiger partial charge in [0.2, 0.25) is 5.60 Å². The quantitative estimate of drug-likeness (QED) is 0.481. The van der Waals surface area contributed by atoms with Crippen LogP contribution in [0, 0.1) is 11.3 Å². The largest absolute Gasteiger partial charge is 0.438 e. The van der Waals surface area contributed by atoms with E-state index in [4.69, 9.17) is 18.9 Å². The number of carbonyl (C=O) groups is 2. The molecule has 0 unspecified atom stereocenters. The van der Waals surface area contributed by atoms with Crippen molar-refractivity contribution in [1.82, 2.24) is 4.90 Å². The number of likely N-dealkylation sites (N-methyl/N-ethyl adjacent to an activating group) is 1. The summed E-state index contributed by atoms with van der Waals surface area (Å²) >= 11 is 0. The van der Waals surface area contributed by atoms with Gasteiger partial charge in [0.15, 0.2) is 18.5 Å². The standard InChI is InChI=1S/C14H14N2O6/c1-16-5-9-20-10(12(16)17)11(21-9)13(18)22-14(6-15)4-7-2-3-8(14)19-7/h2-3,7-11H,4-5H2,1H3/t7-,8+,9+,10-,11-,14-/m0/s1. The van der Waals surface area contributed by atoms with Gasteiger partial charge in [0.1, 0.15) is 12.2 Å². The lowest BCUT2D eigenvalue weighted by Gasteiger charge is -2.28. The van der Waals surface area contributed by atoms with Crippen LogP contribution in [0.1, 0.15) is 6.42 Å². The van der Waals surface area contributed by atoms with E-state index >= 15 is 0 Å². The number of rotatable bonds is 2. The lowest BCUT2D eigenvalue weighted by molar-refractivity contribution is -0.170. The molecule has 0 spiro atoms. The van der Waals surface area contributed by atoms with Gasteiger partial charge >= 0.3 is 5.97 Å². The van der Waals surface area contributed by atoms with Crippen molar-refractivity contribution >= 4 is 11.9 Å². The van der Waals surface area contributed by atoms with Crippen molar-refractivity contribution < 1.29 is 28.5 Å². The second-order valence-electron chi connectivity index (χ2n) is 5.87. The summed E-state index contributed by atoms with van der Waals surface area (Å²) in [6.07, 6.45) is 0.253. The minimum Gasteiger partial charge on any atom is -0.438 e. The maximum atomic E-state index is 12.4. The normalized spacial score (nSPS) is 45.2. The van der Waals surface area contributed by atoms with E-state index in [1.54, 1.807) is 13.1 Å². The number of hydrogen-bond acceptors (Lipinski definition) is 7. The van der Waals surface area contributed by atoms with Gasteiger partial charge < -0.3 is 23.8 Å². The average Bonchev–Trinajstić information content (AvgIpc) is 3.18. The Morgan fingerprint density at radius 1 is 1.45 bits per heavy atom. The Labute approximate surface area is 126 Å². The van der Waals surface area contributed by atoms with Crippen molar-refractivity contribution in [2.24, 2.45) is 0 Å². The highest BCUT2D eigenvalue weighted by atomic mass is 16.8. The average molecular weight is 306 g/mol. The molecule has 3 fully saturated rings. The van der Waals surface area contributed by atoms with Gasteiger partial charge in [0.05, 0.1) is 12.6 Å². The molecule has 0 aromatic rings. The highest BCUT2D eigenvalue weighted by molar-refractivity contribution is 5.90. The minimum atomic E-state index is -1.36. The first-order valence-electron chi connectivity index (χ1n) is 7.06. The van der Waals surface area contributed by atoms with Crippen LogP contribution >= 0.6 is 0 Å². The van der Waals surface area contributed by atoms with Gasteiger partial charge in [-0.25, -0.2) is 4.79 Å². The van der Waals surface area contributed by atoms with E-state index in [1.165, 1.54) is 4.90 Å². The van der Waals surface area contributed by atoms with Gasteiger partial charge in [0.25, 0.3) is 5.91 Å². The molecule has 4 aliphatic rings. The third-order valence-corrected chi connectivity index (χ3v) is 4.40. The molecule has 4 bridgehead atoms. The van der Waals surface area contributed by atoms with Crippen LogP contribution in [-0.2, 0) is 28.5 Å². The molecule has 0 radical (unpaired) electrons. The van der Waals surface area contributed by atoms with Crippen molar-refractivity contribution in [2.45, 2.75) is 42.7 Å². The van der Waals surface area contributed by atoms with Crippen LogP contribution in [0.15, 0.2) is 12.2 Å². The van der Waals surface area contributed by atoms with Gasteiger partial charge in [0, 0.05) is 13.5 Å². The Kier molecular flexibility index (Phi) is 2.81. The van der Waals surface area contributed by atoms with Crippen LogP contribution in [0.5, 0.6) is 0 Å². The Morgan fingerprint density at radius 2 is 2.27 bits per heavy atom. The summed E-state index contributed by atoms with van der Waals surface area (Å²) in [6, 6.07) is 2.03. The number of amides is 1. The fourth-order valence-electron chi connectivity index (χ4n) is 3.26. The molecule has 0 aromatic heterocycles. The number of esters is 1. The lowest BCUT2D eigenvalue weighted by Crippen LogP contribution is -2.50. The summed E-state index contributed by atoms with van der Waals surface area (Å²) in [5.74, 6) is -1.09. The van der Waals surface area contributed by atoms with Gasteiger partial charge in [-0.2, -0.15) is 5.26 Å². The number of morpholine rings is 1. The molecule has 6 atom stereocenters. The molecular formula is C14H14N2O6.